The molecule has 1 aliphatic heterocycles. The van der Waals surface area contributed by atoms with Gasteiger partial charge in [0, 0.05) is 12.2 Å². The predicted molar refractivity (Wildman–Crippen MR) is 90.9 cm³/mol. The van der Waals surface area contributed by atoms with Gasteiger partial charge in [0.2, 0.25) is 0 Å². The van der Waals surface area contributed by atoms with Crippen LogP contribution in [0.15, 0.2) is 18.2 Å². The molecule has 7 heteroatoms. The van der Waals surface area contributed by atoms with E-state index in [1.165, 1.54) is 0 Å². The van der Waals surface area contributed by atoms with Crippen LogP contribution in [-0.2, 0) is 9.53 Å². The van der Waals surface area contributed by atoms with Gasteiger partial charge in [-0.2, -0.15) is 5.26 Å². The SMILES string of the molecule is CC(C)(C)OC(=O)NC(=O)[C@H]1CCCN1c1ccc(C#N)c(Cl)c1. The number of carbonyl (C=O) groups excluding carboxylic acids is 2. The van der Waals surface area contributed by atoms with Gasteiger partial charge in [-0.15, -0.1) is 0 Å². The number of nitriles is 1. The summed E-state index contributed by atoms with van der Waals surface area (Å²) in [5, 5.41) is 11.6. The van der Waals surface area contributed by atoms with E-state index >= 15 is 0 Å². The molecule has 0 aromatic heterocycles. The summed E-state index contributed by atoms with van der Waals surface area (Å²) in [6.45, 7) is 5.88. The molecule has 0 bridgehead atoms. The summed E-state index contributed by atoms with van der Waals surface area (Å²) < 4.78 is 5.11. The lowest BCUT2D eigenvalue weighted by molar-refractivity contribution is -0.121. The molecule has 2 rings (SSSR count). The molecule has 24 heavy (non-hydrogen) atoms. The van der Waals surface area contributed by atoms with Gasteiger partial charge in [-0.1, -0.05) is 11.6 Å². The molecule has 1 aliphatic rings. The molecule has 128 valence electrons. The number of hydrogen-bond acceptors (Lipinski definition) is 5. The van der Waals surface area contributed by atoms with Gasteiger partial charge in [0.25, 0.3) is 5.91 Å². The topological polar surface area (TPSA) is 82.4 Å². The summed E-state index contributed by atoms with van der Waals surface area (Å²) in [5.41, 5.74) is 0.468. The molecule has 0 aliphatic carbocycles. The van der Waals surface area contributed by atoms with Crippen LogP contribution < -0.4 is 10.2 Å². The van der Waals surface area contributed by atoms with E-state index < -0.39 is 23.6 Å². The zero-order chi connectivity index (χ0) is 17.9. The fourth-order valence-electron chi connectivity index (χ4n) is 2.61. The van der Waals surface area contributed by atoms with Gasteiger partial charge in [0.1, 0.15) is 17.7 Å². The average Bonchev–Trinajstić information content (AvgIpc) is 2.94. The van der Waals surface area contributed by atoms with Crippen molar-refractivity contribution in [2.45, 2.75) is 45.3 Å². The van der Waals surface area contributed by atoms with Crippen LogP contribution in [-0.4, -0.2) is 30.2 Å². The fourth-order valence-corrected chi connectivity index (χ4v) is 2.83. The molecule has 0 radical (unpaired) electrons. The third kappa shape index (κ3) is 4.39. The van der Waals surface area contributed by atoms with Gasteiger partial charge in [-0.05, 0) is 51.8 Å². The number of carbonyl (C=O) groups is 2. The first-order chi connectivity index (χ1) is 11.2. The number of ether oxygens (including phenoxy) is 1. The first kappa shape index (κ1) is 18.1. The Bertz CT molecular complexity index is 691. The number of hydrogen-bond donors (Lipinski definition) is 1. The van der Waals surface area contributed by atoms with Crippen LogP contribution in [0.5, 0.6) is 0 Å². The third-order valence-corrected chi connectivity index (χ3v) is 3.90. The monoisotopic (exact) mass is 349 g/mol. The highest BCUT2D eigenvalue weighted by molar-refractivity contribution is 6.32. The summed E-state index contributed by atoms with van der Waals surface area (Å²) in [6, 6.07) is 6.58. The van der Waals surface area contributed by atoms with E-state index in [0.29, 0.717) is 23.6 Å². The molecule has 1 saturated heterocycles. The Morgan fingerprint density at radius 2 is 2.12 bits per heavy atom. The van der Waals surface area contributed by atoms with Crippen molar-refractivity contribution in [3.05, 3.63) is 28.8 Å². The normalized spacial score (nSPS) is 17.3. The van der Waals surface area contributed by atoms with E-state index in [2.05, 4.69) is 5.32 Å². The highest BCUT2D eigenvalue weighted by Crippen LogP contribution is 2.29. The van der Waals surface area contributed by atoms with Crippen molar-refractivity contribution < 1.29 is 14.3 Å². The Balaban J connectivity index is 2.10. The van der Waals surface area contributed by atoms with Gasteiger partial charge in [0.15, 0.2) is 0 Å². The van der Waals surface area contributed by atoms with Gasteiger partial charge >= 0.3 is 6.09 Å². The number of rotatable bonds is 2. The van der Waals surface area contributed by atoms with Crippen molar-refractivity contribution in [1.29, 1.82) is 5.26 Å². The van der Waals surface area contributed by atoms with Crippen LogP contribution in [0.4, 0.5) is 10.5 Å². The number of nitrogens with one attached hydrogen (secondary N) is 1. The largest absolute Gasteiger partial charge is 0.444 e. The average molecular weight is 350 g/mol. The van der Waals surface area contributed by atoms with Crippen LogP contribution in [0, 0.1) is 11.3 Å². The number of halogens is 1. The second kappa shape index (κ2) is 7.10. The van der Waals surface area contributed by atoms with Crippen molar-refractivity contribution in [2.24, 2.45) is 0 Å². The lowest BCUT2D eigenvalue weighted by Crippen LogP contribution is -2.47. The highest BCUT2D eigenvalue weighted by atomic mass is 35.5. The van der Waals surface area contributed by atoms with Crippen LogP contribution in [0.2, 0.25) is 5.02 Å². The maximum atomic E-state index is 12.4. The van der Waals surface area contributed by atoms with Crippen LogP contribution in [0.3, 0.4) is 0 Å². The molecule has 6 nitrogen and oxygen atoms in total. The summed E-state index contributed by atoms with van der Waals surface area (Å²) in [4.78, 5) is 26.1. The van der Waals surface area contributed by atoms with E-state index in [1.807, 2.05) is 11.0 Å². The maximum Gasteiger partial charge on any atom is 0.414 e. The van der Waals surface area contributed by atoms with Crippen molar-refractivity contribution >= 4 is 29.3 Å². The van der Waals surface area contributed by atoms with E-state index in [4.69, 9.17) is 21.6 Å². The Morgan fingerprint density at radius 1 is 1.42 bits per heavy atom. The second-order valence-electron chi connectivity index (χ2n) is 6.62. The lowest BCUT2D eigenvalue weighted by atomic mass is 10.1. The number of benzene rings is 1. The van der Waals surface area contributed by atoms with Crippen molar-refractivity contribution in [1.82, 2.24) is 5.32 Å². The minimum atomic E-state index is -0.753. The van der Waals surface area contributed by atoms with Crippen molar-refractivity contribution in [3.8, 4) is 6.07 Å². The molecule has 0 spiro atoms. The zero-order valence-electron chi connectivity index (χ0n) is 13.9. The smallest absolute Gasteiger partial charge is 0.414 e. The summed E-state index contributed by atoms with van der Waals surface area (Å²) >= 11 is 6.07. The van der Waals surface area contributed by atoms with Crippen molar-refractivity contribution in [2.75, 3.05) is 11.4 Å². The Kier molecular flexibility index (Phi) is 5.35. The highest BCUT2D eigenvalue weighted by Gasteiger charge is 2.33. The molecule has 0 unspecified atom stereocenters. The third-order valence-electron chi connectivity index (χ3n) is 3.58. The number of anilines is 1. The summed E-state index contributed by atoms with van der Waals surface area (Å²) in [5.74, 6) is -0.401. The molecular weight excluding hydrogens is 330 g/mol. The van der Waals surface area contributed by atoms with Crippen LogP contribution >= 0.6 is 11.6 Å². The summed E-state index contributed by atoms with van der Waals surface area (Å²) in [7, 11) is 0. The predicted octanol–water partition coefficient (Wildman–Crippen LogP) is 3.23. The Hall–Kier alpha value is -2.26. The summed E-state index contributed by atoms with van der Waals surface area (Å²) in [6.07, 6.45) is 0.702. The maximum absolute atomic E-state index is 12.4. The first-order valence-corrected chi connectivity index (χ1v) is 8.09. The van der Waals surface area contributed by atoms with Crippen LogP contribution in [0.1, 0.15) is 39.2 Å². The van der Waals surface area contributed by atoms with Crippen LogP contribution in [0.25, 0.3) is 0 Å². The minimum absolute atomic E-state index is 0.341. The zero-order valence-corrected chi connectivity index (χ0v) is 14.7. The molecule has 1 N–H and O–H groups in total. The molecule has 1 aromatic rings. The quantitative estimate of drug-likeness (QED) is 0.886. The molecule has 1 fully saturated rings. The van der Waals surface area contributed by atoms with Gasteiger partial charge < -0.3 is 9.64 Å². The van der Waals surface area contributed by atoms with Crippen molar-refractivity contribution in [3.63, 3.8) is 0 Å². The van der Waals surface area contributed by atoms with Gasteiger partial charge in [-0.25, -0.2) is 4.79 Å². The number of nitrogens with zero attached hydrogens (tertiary/aromatic N) is 2. The molecule has 2 amide bonds. The lowest BCUT2D eigenvalue weighted by Gasteiger charge is -2.26. The Labute approximate surface area is 146 Å². The number of imide groups is 1. The fraction of sp³-hybridized carbons (Fsp3) is 0.471. The van der Waals surface area contributed by atoms with E-state index in [1.54, 1.807) is 39.0 Å². The first-order valence-electron chi connectivity index (χ1n) is 7.71. The minimum Gasteiger partial charge on any atom is -0.444 e. The van der Waals surface area contributed by atoms with E-state index in [9.17, 15) is 9.59 Å². The molecular formula is C17H20ClN3O3. The second-order valence-corrected chi connectivity index (χ2v) is 7.03. The molecule has 1 atom stereocenters. The van der Waals surface area contributed by atoms with Gasteiger partial charge in [-0.3, -0.25) is 10.1 Å². The number of amides is 2. The van der Waals surface area contributed by atoms with Gasteiger partial charge in [0.05, 0.1) is 10.6 Å². The van der Waals surface area contributed by atoms with E-state index in [0.717, 1.165) is 12.1 Å². The van der Waals surface area contributed by atoms with E-state index in [-0.39, 0.29) is 0 Å². The molecule has 1 aromatic carbocycles. The Morgan fingerprint density at radius 3 is 2.71 bits per heavy atom. The standard InChI is InChI=1S/C17H20ClN3O3/c1-17(2,3)24-16(23)20-15(22)14-5-4-8-21(14)12-7-6-11(10-19)13(18)9-12/h6-7,9,14H,4-5,8H2,1-3H3,(H,20,22,23)/t14-/m1/s1. The number of alkyl carbamates (subject to hydrolysis) is 1. The molecule has 1 heterocycles. The molecule has 0 saturated carbocycles.